The second kappa shape index (κ2) is 7.66. The summed E-state index contributed by atoms with van der Waals surface area (Å²) in [5, 5.41) is 39.7. The Hall–Kier alpha value is -3.45. The van der Waals surface area contributed by atoms with Gasteiger partial charge in [-0.15, -0.1) is 0 Å². The normalized spacial score (nSPS) is 11.8. The van der Waals surface area contributed by atoms with Crippen LogP contribution in [0.15, 0.2) is 51.2 Å². The summed E-state index contributed by atoms with van der Waals surface area (Å²) in [6.07, 6.45) is 1.83. The summed E-state index contributed by atoms with van der Waals surface area (Å²) in [5.74, 6) is -0.904. The molecule has 1 heterocycles. The SMILES string of the molecule is COc1ccc(-c2oc3c(C/C=C(\C)CO)c(O)cc(O)c3c(=O)c2O)cc1. The zero-order chi connectivity index (χ0) is 20.4. The lowest BCUT2D eigenvalue weighted by Crippen LogP contribution is -2.05. The second-order valence-corrected chi connectivity index (χ2v) is 6.35. The molecule has 0 spiro atoms. The Labute approximate surface area is 160 Å². The topological polar surface area (TPSA) is 120 Å². The van der Waals surface area contributed by atoms with Gasteiger partial charge in [0.05, 0.1) is 13.7 Å². The molecule has 0 aliphatic rings. The molecule has 0 bridgehead atoms. The number of aromatic hydroxyl groups is 3. The van der Waals surface area contributed by atoms with Crippen LogP contribution in [0.4, 0.5) is 0 Å². The highest BCUT2D eigenvalue weighted by Crippen LogP contribution is 2.38. The van der Waals surface area contributed by atoms with E-state index in [-0.39, 0.29) is 41.1 Å². The fourth-order valence-corrected chi connectivity index (χ4v) is 2.85. The monoisotopic (exact) mass is 384 g/mol. The quantitative estimate of drug-likeness (QED) is 0.499. The van der Waals surface area contributed by atoms with Crippen LogP contribution >= 0.6 is 0 Å². The van der Waals surface area contributed by atoms with Crippen molar-refractivity contribution in [2.75, 3.05) is 13.7 Å². The van der Waals surface area contributed by atoms with E-state index in [9.17, 15) is 20.1 Å². The first-order valence-electron chi connectivity index (χ1n) is 8.51. The lowest BCUT2D eigenvalue weighted by atomic mass is 10.0. The highest BCUT2D eigenvalue weighted by Gasteiger charge is 2.22. The molecule has 0 aliphatic carbocycles. The number of fused-ring (bicyclic) bond motifs is 1. The fourth-order valence-electron chi connectivity index (χ4n) is 2.85. The summed E-state index contributed by atoms with van der Waals surface area (Å²) in [6.45, 7) is 1.56. The predicted molar refractivity (Wildman–Crippen MR) is 104 cm³/mol. The van der Waals surface area contributed by atoms with Crippen molar-refractivity contribution in [3.05, 3.63) is 57.8 Å². The minimum atomic E-state index is -0.811. The Kier molecular flexibility index (Phi) is 5.28. The maximum absolute atomic E-state index is 12.7. The second-order valence-electron chi connectivity index (χ2n) is 6.35. The third-order valence-corrected chi connectivity index (χ3v) is 4.46. The average molecular weight is 384 g/mol. The molecule has 0 unspecified atom stereocenters. The molecule has 0 saturated heterocycles. The van der Waals surface area contributed by atoms with E-state index in [4.69, 9.17) is 14.3 Å². The van der Waals surface area contributed by atoms with Crippen LogP contribution in [0, 0.1) is 0 Å². The molecule has 0 aliphatic heterocycles. The smallest absolute Gasteiger partial charge is 0.238 e. The molecule has 0 radical (unpaired) electrons. The zero-order valence-electron chi connectivity index (χ0n) is 15.4. The minimum Gasteiger partial charge on any atom is -0.507 e. The molecule has 1 aromatic heterocycles. The Morgan fingerprint density at radius 3 is 2.43 bits per heavy atom. The highest BCUT2D eigenvalue weighted by molar-refractivity contribution is 5.91. The number of phenols is 2. The first-order valence-corrected chi connectivity index (χ1v) is 8.51. The van der Waals surface area contributed by atoms with Gasteiger partial charge in [0.25, 0.3) is 0 Å². The number of benzene rings is 2. The molecule has 2 aromatic carbocycles. The van der Waals surface area contributed by atoms with Crippen LogP contribution in [0.5, 0.6) is 23.0 Å². The van der Waals surface area contributed by atoms with Gasteiger partial charge in [-0.2, -0.15) is 0 Å². The number of phenolic OH excluding ortho intramolecular Hbond substituents is 2. The highest BCUT2D eigenvalue weighted by atomic mass is 16.5. The minimum absolute atomic E-state index is 0.0342. The molecular weight excluding hydrogens is 364 g/mol. The molecule has 0 fully saturated rings. The number of rotatable bonds is 5. The lowest BCUT2D eigenvalue weighted by molar-refractivity contribution is 0.331. The Bertz CT molecular complexity index is 1110. The van der Waals surface area contributed by atoms with Gasteiger partial charge in [-0.1, -0.05) is 11.6 Å². The fraction of sp³-hybridized carbons (Fsp3) is 0.190. The van der Waals surface area contributed by atoms with Gasteiger partial charge in [0.2, 0.25) is 11.2 Å². The number of ether oxygens (including phenoxy) is 1. The Balaban J connectivity index is 2.30. The van der Waals surface area contributed by atoms with Gasteiger partial charge in [0.15, 0.2) is 5.76 Å². The maximum Gasteiger partial charge on any atom is 0.238 e. The number of allylic oxidation sites excluding steroid dienone is 1. The first-order chi connectivity index (χ1) is 13.4. The number of hydrogen-bond donors (Lipinski definition) is 4. The van der Waals surface area contributed by atoms with Crippen molar-refractivity contribution >= 4 is 11.0 Å². The largest absolute Gasteiger partial charge is 0.507 e. The number of aliphatic hydroxyl groups excluding tert-OH is 1. The van der Waals surface area contributed by atoms with Crippen LogP contribution in [0.25, 0.3) is 22.3 Å². The molecule has 7 heteroatoms. The molecule has 146 valence electrons. The van der Waals surface area contributed by atoms with E-state index in [1.54, 1.807) is 37.3 Å². The molecule has 3 aromatic rings. The van der Waals surface area contributed by atoms with Crippen molar-refractivity contribution in [2.45, 2.75) is 13.3 Å². The average Bonchev–Trinajstić information content (AvgIpc) is 2.69. The van der Waals surface area contributed by atoms with Crippen molar-refractivity contribution < 1.29 is 29.6 Å². The van der Waals surface area contributed by atoms with Crippen molar-refractivity contribution in [1.29, 1.82) is 0 Å². The van der Waals surface area contributed by atoms with Gasteiger partial charge < -0.3 is 29.6 Å². The summed E-state index contributed by atoms with van der Waals surface area (Å²) in [4.78, 5) is 12.7. The third-order valence-electron chi connectivity index (χ3n) is 4.46. The summed E-state index contributed by atoms with van der Waals surface area (Å²) in [6, 6.07) is 7.55. The van der Waals surface area contributed by atoms with Crippen LogP contribution in [-0.4, -0.2) is 34.1 Å². The van der Waals surface area contributed by atoms with E-state index < -0.39 is 16.9 Å². The van der Waals surface area contributed by atoms with Crippen LogP contribution in [0.2, 0.25) is 0 Å². The van der Waals surface area contributed by atoms with Gasteiger partial charge >= 0.3 is 0 Å². The molecule has 7 nitrogen and oxygen atoms in total. The van der Waals surface area contributed by atoms with E-state index in [1.807, 2.05) is 0 Å². The summed E-state index contributed by atoms with van der Waals surface area (Å²) in [5.41, 5.74) is 0.500. The van der Waals surface area contributed by atoms with Crippen LogP contribution < -0.4 is 10.2 Å². The van der Waals surface area contributed by atoms with Crippen molar-refractivity contribution in [3.8, 4) is 34.3 Å². The standard InChI is InChI=1S/C21H20O7/c1-11(10-22)3-8-14-15(23)9-16(24)17-18(25)19(26)20(28-21(14)17)12-4-6-13(27-2)7-5-12/h3-7,9,22-24,26H,8,10H2,1-2H3/b11-3+. The summed E-state index contributed by atoms with van der Waals surface area (Å²) in [7, 11) is 1.52. The van der Waals surface area contributed by atoms with Gasteiger partial charge in [-0.3, -0.25) is 4.79 Å². The Morgan fingerprint density at radius 2 is 1.82 bits per heavy atom. The maximum atomic E-state index is 12.7. The van der Waals surface area contributed by atoms with Crippen molar-refractivity contribution in [3.63, 3.8) is 0 Å². The van der Waals surface area contributed by atoms with E-state index in [2.05, 4.69) is 0 Å². The van der Waals surface area contributed by atoms with E-state index >= 15 is 0 Å². The van der Waals surface area contributed by atoms with E-state index in [1.165, 1.54) is 7.11 Å². The number of methoxy groups -OCH3 is 1. The van der Waals surface area contributed by atoms with Crippen LogP contribution in [0.3, 0.4) is 0 Å². The number of aliphatic hydroxyl groups is 1. The molecule has 4 N–H and O–H groups in total. The molecule has 3 rings (SSSR count). The van der Waals surface area contributed by atoms with Crippen LogP contribution in [-0.2, 0) is 6.42 Å². The van der Waals surface area contributed by atoms with Crippen molar-refractivity contribution in [2.24, 2.45) is 0 Å². The molecule has 0 saturated carbocycles. The van der Waals surface area contributed by atoms with E-state index in [0.29, 0.717) is 16.9 Å². The zero-order valence-corrected chi connectivity index (χ0v) is 15.4. The first kappa shape index (κ1) is 19.3. The predicted octanol–water partition coefficient (Wildman–Crippen LogP) is 3.07. The molecule has 28 heavy (non-hydrogen) atoms. The van der Waals surface area contributed by atoms with Crippen LogP contribution in [0.1, 0.15) is 12.5 Å². The Morgan fingerprint density at radius 1 is 1.14 bits per heavy atom. The molecule has 0 atom stereocenters. The van der Waals surface area contributed by atoms with Gasteiger partial charge in [0, 0.05) is 17.2 Å². The summed E-state index contributed by atoms with van der Waals surface area (Å²) < 4.78 is 10.9. The van der Waals surface area contributed by atoms with Gasteiger partial charge in [-0.25, -0.2) is 0 Å². The third kappa shape index (κ3) is 3.39. The van der Waals surface area contributed by atoms with E-state index in [0.717, 1.165) is 6.07 Å². The molecule has 0 amide bonds. The van der Waals surface area contributed by atoms with Gasteiger partial charge in [-0.05, 0) is 37.6 Å². The van der Waals surface area contributed by atoms with Crippen molar-refractivity contribution in [1.82, 2.24) is 0 Å². The summed E-state index contributed by atoms with van der Waals surface area (Å²) >= 11 is 0. The lowest BCUT2D eigenvalue weighted by Gasteiger charge is -2.12. The molecular formula is C21H20O7. The number of hydrogen-bond acceptors (Lipinski definition) is 7. The van der Waals surface area contributed by atoms with Gasteiger partial charge in [0.1, 0.15) is 28.2 Å².